The molecule has 1 aromatic carbocycles. The quantitative estimate of drug-likeness (QED) is 0.900. The number of benzene rings is 1. The zero-order chi connectivity index (χ0) is 16.2. The number of urea groups is 1. The van der Waals surface area contributed by atoms with E-state index in [9.17, 15) is 9.59 Å². The average molecular weight is 330 g/mol. The van der Waals surface area contributed by atoms with Gasteiger partial charge in [0.2, 0.25) is 0 Å². The number of hydrogen-bond acceptors (Lipinski definition) is 3. The summed E-state index contributed by atoms with van der Waals surface area (Å²) in [6, 6.07) is 11.5. The minimum atomic E-state index is -0.770. The highest BCUT2D eigenvalue weighted by Crippen LogP contribution is 2.31. The third-order valence-corrected chi connectivity index (χ3v) is 4.99. The van der Waals surface area contributed by atoms with E-state index in [0.717, 1.165) is 16.1 Å². The Labute approximate surface area is 138 Å². The van der Waals surface area contributed by atoms with Gasteiger partial charge in [-0.1, -0.05) is 24.3 Å². The number of carboxylic acids is 1. The lowest BCUT2D eigenvalue weighted by Gasteiger charge is -2.30. The number of nitrogens with zero attached hydrogens (tertiary/aromatic N) is 1. The number of nitrogens with one attached hydrogen (secondary N) is 1. The van der Waals surface area contributed by atoms with Crippen LogP contribution in [-0.4, -0.2) is 35.1 Å². The van der Waals surface area contributed by atoms with E-state index < -0.39 is 5.97 Å². The highest BCUT2D eigenvalue weighted by Gasteiger charge is 2.27. The topological polar surface area (TPSA) is 69.6 Å². The second kappa shape index (κ2) is 6.83. The van der Waals surface area contributed by atoms with Gasteiger partial charge in [-0.15, -0.1) is 11.3 Å². The molecule has 0 saturated carbocycles. The molecule has 6 heteroatoms. The fourth-order valence-electron chi connectivity index (χ4n) is 2.76. The highest BCUT2D eigenvalue weighted by molar-refractivity contribution is 7.13. The lowest BCUT2D eigenvalue weighted by atomic mass is 9.97. The summed E-state index contributed by atoms with van der Waals surface area (Å²) in [4.78, 5) is 26.2. The van der Waals surface area contributed by atoms with E-state index in [1.54, 1.807) is 16.2 Å². The van der Waals surface area contributed by atoms with Crippen molar-refractivity contribution in [2.75, 3.05) is 18.4 Å². The van der Waals surface area contributed by atoms with Gasteiger partial charge in [-0.25, -0.2) is 4.79 Å². The number of thiophene rings is 1. The van der Waals surface area contributed by atoms with E-state index in [0.29, 0.717) is 25.9 Å². The van der Waals surface area contributed by atoms with Crippen molar-refractivity contribution in [3.63, 3.8) is 0 Å². The maximum Gasteiger partial charge on any atom is 0.321 e. The van der Waals surface area contributed by atoms with Crippen molar-refractivity contribution < 1.29 is 14.7 Å². The van der Waals surface area contributed by atoms with E-state index in [4.69, 9.17) is 5.11 Å². The predicted molar refractivity (Wildman–Crippen MR) is 90.7 cm³/mol. The van der Waals surface area contributed by atoms with Crippen molar-refractivity contribution in [2.24, 2.45) is 5.92 Å². The molecule has 1 aliphatic heterocycles. The van der Waals surface area contributed by atoms with E-state index in [1.807, 2.05) is 41.8 Å². The van der Waals surface area contributed by atoms with E-state index in [2.05, 4.69) is 5.32 Å². The number of likely N-dealkylation sites (tertiary alicyclic amines) is 1. The van der Waals surface area contributed by atoms with Crippen LogP contribution in [0.2, 0.25) is 0 Å². The maximum atomic E-state index is 12.4. The number of aliphatic carboxylic acids is 1. The molecule has 0 spiro atoms. The molecule has 2 aromatic rings. The van der Waals surface area contributed by atoms with Crippen molar-refractivity contribution in [3.8, 4) is 10.4 Å². The molecule has 0 radical (unpaired) electrons. The van der Waals surface area contributed by atoms with Gasteiger partial charge in [0, 0.05) is 23.5 Å². The van der Waals surface area contributed by atoms with Crippen LogP contribution in [0.25, 0.3) is 10.4 Å². The summed E-state index contributed by atoms with van der Waals surface area (Å²) in [5.41, 5.74) is 1.77. The van der Waals surface area contributed by atoms with E-state index in [1.165, 1.54) is 0 Å². The first-order valence-electron chi connectivity index (χ1n) is 7.57. The Bertz CT molecular complexity index is 692. The molecular formula is C17H18N2O3S. The summed E-state index contributed by atoms with van der Waals surface area (Å²) in [5.74, 6) is -1.11. The number of carbonyl (C=O) groups is 2. The number of rotatable bonds is 3. The monoisotopic (exact) mass is 330 g/mol. The lowest BCUT2D eigenvalue weighted by Crippen LogP contribution is -2.42. The molecule has 1 aliphatic rings. The minimum absolute atomic E-state index is 0.169. The maximum absolute atomic E-state index is 12.4. The molecule has 2 amide bonds. The van der Waals surface area contributed by atoms with Crippen molar-refractivity contribution in [1.29, 1.82) is 0 Å². The van der Waals surface area contributed by atoms with Crippen LogP contribution >= 0.6 is 11.3 Å². The number of anilines is 1. The summed E-state index contributed by atoms with van der Waals surface area (Å²) in [5, 5.41) is 14.0. The third-order valence-electron chi connectivity index (χ3n) is 4.09. The van der Waals surface area contributed by atoms with Crippen molar-refractivity contribution in [1.82, 2.24) is 4.90 Å². The van der Waals surface area contributed by atoms with Crippen molar-refractivity contribution >= 4 is 29.0 Å². The molecule has 1 fully saturated rings. The molecule has 1 saturated heterocycles. The first-order chi connectivity index (χ1) is 11.1. The van der Waals surface area contributed by atoms with Gasteiger partial charge in [0.25, 0.3) is 0 Å². The lowest BCUT2D eigenvalue weighted by molar-refractivity contribution is -0.143. The number of carbonyl (C=O) groups excluding carboxylic acids is 1. The van der Waals surface area contributed by atoms with Gasteiger partial charge < -0.3 is 15.3 Å². The third kappa shape index (κ3) is 3.53. The van der Waals surface area contributed by atoms with Crippen molar-refractivity contribution in [2.45, 2.75) is 12.8 Å². The molecule has 1 aromatic heterocycles. The van der Waals surface area contributed by atoms with Crippen LogP contribution in [0.1, 0.15) is 12.8 Å². The van der Waals surface area contributed by atoms with Crippen LogP contribution in [0.4, 0.5) is 10.5 Å². The Balaban J connectivity index is 1.69. The Morgan fingerprint density at radius 2 is 1.87 bits per heavy atom. The van der Waals surface area contributed by atoms with Gasteiger partial charge in [-0.05, 0) is 30.4 Å². The zero-order valence-corrected chi connectivity index (χ0v) is 13.4. The Morgan fingerprint density at radius 1 is 1.13 bits per heavy atom. The summed E-state index contributed by atoms with van der Waals surface area (Å²) < 4.78 is 0. The molecule has 0 bridgehead atoms. The predicted octanol–water partition coefficient (Wildman–Crippen LogP) is 3.74. The fraction of sp³-hybridized carbons (Fsp3) is 0.294. The standard InChI is InChI=1S/C17H18N2O3S/c20-16(21)12-7-9-19(10-8-12)17(22)18-14-5-2-1-4-13(14)15-6-3-11-23-15/h1-6,11-12H,7-10H2,(H,18,22)(H,20,21). The highest BCUT2D eigenvalue weighted by atomic mass is 32.1. The summed E-state index contributed by atoms with van der Waals surface area (Å²) >= 11 is 1.63. The normalized spacial score (nSPS) is 15.4. The molecule has 0 atom stereocenters. The van der Waals surface area contributed by atoms with Crippen molar-refractivity contribution in [3.05, 3.63) is 41.8 Å². The Morgan fingerprint density at radius 3 is 2.52 bits per heavy atom. The summed E-state index contributed by atoms with van der Waals surface area (Å²) in [6.45, 7) is 0.952. The average Bonchev–Trinajstić information content (AvgIpc) is 3.09. The number of amides is 2. The number of hydrogen-bond donors (Lipinski definition) is 2. The minimum Gasteiger partial charge on any atom is -0.481 e. The molecule has 0 aliphatic carbocycles. The van der Waals surface area contributed by atoms with Gasteiger partial charge in [0.15, 0.2) is 0 Å². The number of para-hydroxylation sites is 1. The van der Waals surface area contributed by atoms with Gasteiger partial charge in [-0.2, -0.15) is 0 Å². The van der Waals surface area contributed by atoms with Crippen LogP contribution in [0.3, 0.4) is 0 Å². The first-order valence-corrected chi connectivity index (χ1v) is 8.45. The number of carboxylic acid groups (broad SMARTS) is 1. The SMILES string of the molecule is O=C(O)C1CCN(C(=O)Nc2ccccc2-c2cccs2)CC1. The molecule has 0 unspecified atom stereocenters. The second-order valence-electron chi connectivity index (χ2n) is 5.55. The Hall–Kier alpha value is -2.34. The molecule has 2 N–H and O–H groups in total. The van der Waals surface area contributed by atoms with Gasteiger partial charge in [0.1, 0.15) is 0 Å². The molecule has 2 heterocycles. The van der Waals surface area contributed by atoms with E-state index >= 15 is 0 Å². The second-order valence-corrected chi connectivity index (χ2v) is 6.50. The fourth-order valence-corrected chi connectivity index (χ4v) is 3.53. The Kier molecular flexibility index (Phi) is 4.62. The van der Waals surface area contributed by atoms with Gasteiger partial charge in [-0.3, -0.25) is 4.79 Å². The van der Waals surface area contributed by atoms with Crippen LogP contribution in [0.15, 0.2) is 41.8 Å². The first kappa shape index (κ1) is 15.6. The van der Waals surface area contributed by atoms with Crippen LogP contribution in [-0.2, 0) is 4.79 Å². The molecule has 120 valence electrons. The molecule has 23 heavy (non-hydrogen) atoms. The number of piperidine rings is 1. The van der Waals surface area contributed by atoms with Gasteiger partial charge >= 0.3 is 12.0 Å². The smallest absolute Gasteiger partial charge is 0.321 e. The molecular weight excluding hydrogens is 312 g/mol. The van der Waals surface area contributed by atoms with Crippen LogP contribution in [0.5, 0.6) is 0 Å². The summed E-state index contributed by atoms with van der Waals surface area (Å²) in [6.07, 6.45) is 1.02. The zero-order valence-electron chi connectivity index (χ0n) is 12.6. The molecule has 3 rings (SSSR count). The van der Waals surface area contributed by atoms with Crippen LogP contribution < -0.4 is 5.32 Å². The molecule has 5 nitrogen and oxygen atoms in total. The van der Waals surface area contributed by atoms with E-state index in [-0.39, 0.29) is 11.9 Å². The van der Waals surface area contributed by atoms with Gasteiger partial charge in [0.05, 0.1) is 11.6 Å². The van der Waals surface area contributed by atoms with Crippen LogP contribution in [0, 0.1) is 5.92 Å². The largest absolute Gasteiger partial charge is 0.481 e. The summed E-state index contributed by atoms with van der Waals surface area (Å²) in [7, 11) is 0.